The fraction of sp³-hybridized carbons (Fsp3) is 0.765. The fourth-order valence-corrected chi connectivity index (χ4v) is 3.05. The molecule has 0 aliphatic heterocycles. The van der Waals surface area contributed by atoms with Gasteiger partial charge in [-0.1, -0.05) is 26.7 Å². The summed E-state index contributed by atoms with van der Waals surface area (Å²) in [6, 6.07) is 2.77. The first-order valence-electron chi connectivity index (χ1n) is 8.20. The molecule has 0 radical (unpaired) electrons. The summed E-state index contributed by atoms with van der Waals surface area (Å²) in [5.41, 5.74) is 1.03. The molecule has 1 fully saturated rings. The lowest BCUT2D eigenvalue weighted by Crippen LogP contribution is -2.35. The van der Waals surface area contributed by atoms with Crippen LogP contribution in [0, 0.1) is 12.8 Å². The van der Waals surface area contributed by atoms with Crippen LogP contribution in [0.15, 0.2) is 6.07 Å². The molecule has 1 aromatic heterocycles. The Bertz CT molecular complexity index is 442. The van der Waals surface area contributed by atoms with Crippen molar-refractivity contribution in [1.82, 2.24) is 9.97 Å². The maximum Gasteiger partial charge on any atom is 0.156 e. The SMILES string of the molecule is COCc1nc(C)cc(N(CCC(C)C)C2CCCC2)n1. The molecule has 0 N–H and O–H groups in total. The van der Waals surface area contributed by atoms with Gasteiger partial charge in [-0.05, 0) is 32.1 Å². The van der Waals surface area contributed by atoms with Gasteiger partial charge in [-0.2, -0.15) is 0 Å². The van der Waals surface area contributed by atoms with Crippen molar-refractivity contribution in [2.24, 2.45) is 5.92 Å². The highest BCUT2D eigenvalue weighted by Crippen LogP contribution is 2.28. The Kier molecular flexibility index (Phi) is 5.97. The third kappa shape index (κ3) is 4.67. The Labute approximate surface area is 128 Å². The second-order valence-corrected chi connectivity index (χ2v) is 6.53. The van der Waals surface area contributed by atoms with Gasteiger partial charge >= 0.3 is 0 Å². The lowest BCUT2D eigenvalue weighted by atomic mass is 10.1. The van der Waals surface area contributed by atoms with Crippen molar-refractivity contribution in [2.45, 2.75) is 65.5 Å². The first-order valence-corrected chi connectivity index (χ1v) is 8.20. The van der Waals surface area contributed by atoms with Crippen LogP contribution < -0.4 is 4.90 Å². The number of aryl methyl sites for hydroxylation is 1. The number of nitrogens with zero attached hydrogens (tertiary/aromatic N) is 3. The highest BCUT2D eigenvalue weighted by atomic mass is 16.5. The van der Waals surface area contributed by atoms with E-state index in [4.69, 9.17) is 9.72 Å². The van der Waals surface area contributed by atoms with Gasteiger partial charge in [-0.25, -0.2) is 9.97 Å². The second-order valence-electron chi connectivity index (χ2n) is 6.53. The van der Waals surface area contributed by atoms with E-state index in [9.17, 15) is 0 Å². The Morgan fingerprint density at radius 1 is 1.29 bits per heavy atom. The average molecular weight is 291 g/mol. The van der Waals surface area contributed by atoms with Crippen LogP contribution in [0.2, 0.25) is 0 Å². The van der Waals surface area contributed by atoms with Crippen LogP contribution >= 0.6 is 0 Å². The minimum atomic E-state index is 0.483. The Morgan fingerprint density at radius 3 is 2.62 bits per heavy atom. The van der Waals surface area contributed by atoms with E-state index in [-0.39, 0.29) is 0 Å². The molecule has 0 unspecified atom stereocenters. The van der Waals surface area contributed by atoms with Crippen molar-refractivity contribution in [3.05, 3.63) is 17.6 Å². The Hall–Kier alpha value is -1.16. The molecule has 118 valence electrons. The Balaban J connectivity index is 2.21. The lowest BCUT2D eigenvalue weighted by Gasteiger charge is -2.31. The summed E-state index contributed by atoms with van der Waals surface area (Å²) in [6.07, 6.45) is 6.48. The molecule has 4 nitrogen and oxygen atoms in total. The zero-order chi connectivity index (χ0) is 15.2. The van der Waals surface area contributed by atoms with Crippen molar-refractivity contribution < 1.29 is 4.74 Å². The monoisotopic (exact) mass is 291 g/mol. The standard InChI is InChI=1S/C17H29N3O/c1-13(2)9-10-20(15-7-5-6-8-15)17-11-14(3)18-16(19-17)12-21-4/h11,13,15H,5-10,12H2,1-4H3. The van der Waals surface area contributed by atoms with Crippen LogP contribution in [0.1, 0.15) is 57.5 Å². The first kappa shape index (κ1) is 16.2. The van der Waals surface area contributed by atoms with Crippen LogP contribution in [-0.2, 0) is 11.3 Å². The number of anilines is 1. The van der Waals surface area contributed by atoms with Crippen LogP contribution in [0.3, 0.4) is 0 Å². The number of hydrogen-bond acceptors (Lipinski definition) is 4. The number of rotatable bonds is 7. The van der Waals surface area contributed by atoms with Gasteiger partial charge < -0.3 is 9.64 Å². The van der Waals surface area contributed by atoms with Crippen LogP contribution in [0.5, 0.6) is 0 Å². The molecule has 2 rings (SSSR count). The Morgan fingerprint density at radius 2 is 2.00 bits per heavy atom. The van der Waals surface area contributed by atoms with Gasteiger partial charge in [0.15, 0.2) is 5.82 Å². The minimum Gasteiger partial charge on any atom is -0.377 e. The summed E-state index contributed by atoms with van der Waals surface area (Å²) in [7, 11) is 1.69. The van der Waals surface area contributed by atoms with E-state index in [0.717, 1.165) is 29.8 Å². The van der Waals surface area contributed by atoms with Crippen LogP contribution in [0.4, 0.5) is 5.82 Å². The number of ether oxygens (including phenoxy) is 1. The van der Waals surface area contributed by atoms with Gasteiger partial charge in [-0.3, -0.25) is 0 Å². The predicted molar refractivity (Wildman–Crippen MR) is 86.5 cm³/mol. The predicted octanol–water partition coefficient (Wildman–Crippen LogP) is 3.73. The van der Waals surface area contributed by atoms with Crippen LogP contribution in [0.25, 0.3) is 0 Å². The van der Waals surface area contributed by atoms with Crippen molar-refractivity contribution in [3.63, 3.8) is 0 Å². The lowest BCUT2D eigenvalue weighted by molar-refractivity contribution is 0.177. The van der Waals surface area contributed by atoms with E-state index < -0.39 is 0 Å². The molecule has 0 bridgehead atoms. The molecule has 0 atom stereocenters. The molecule has 0 spiro atoms. The molecule has 0 amide bonds. The average Bonchev–Trinajstić information content (AvgIpc) is 2.92. The van der Waals surface area contributed by atoms with Crippen molar-refractivity contribution >= 4 is 5.82 Å². The van der Waals surface area contributed by atoms with Gasteiger partial charge in [0.25, 0.3) is 0 Å². The van der Waals surface area contributed by atoms with E-state index in [1.54, 1.807) is 7.11 Å². The molecule has 1 aliphatic carbocycles. The molecule has 1 aromatic rings. The van der Waals surface area contributed by atoms with Crippen molar-refractivity contribution in [3.8, 4) is 0 Å². The maximum atomic E-state index is 5.20. The molecule has 1 heterocycles. The van der Waals surface area contributed by atoms with Gasteiger partial charge in [-0.15, -0.1) is 0 Å². The fourth-order valence-electron chi connectivity index (χ4n) is 3.05. The van der Waals surface area contributed by atoms with Crippen molar-refractivity contribution in [2.75, 3.05) is 18.6 Å². The maximum absolute atomic E-state index is 5.20. The molecule has 4 heteroatoms. The minimum absolute atomic E-state index is 0.483. The highest BCUT2D eigenvalue weighted by Gasteiger charge is 2.24. The van der Waals surface area contributed by atoms with Gasteiger partial charge in [0.1, 0.15) is 12.4 Å². The zero-order valence-electron chi connectivity index (χ0n) is 13.9. The van der Waals surface area contributed by atoms with E-state index in [2.05, 4.69) is 29.8 Å². The van der Waals surface area contributed by atoms with Crippen LogP contribution in [-0.4, -0.2) is 29.7 Å². The number of methoxy groups -OCH3 is 1. The highest BCUT2D eigenvalue weighted by molar-refractivity contribution is 5.41. The smallest absolute Gasteiger partial charge is 0.156 e. The molecule has 1 saturated carbocycles. The van der Waals surface area contributed by atoms with Crippen molar-refractivity contribution in [1.29, 1.82) is 0 Å². The second kappa shape index (κ2) is 7.74. The normalized spacial score (nSPS) is 15.9. The summed E-state index contributed by atoms with van der Waals surface area (Å²) in [6.45, 7) is 8.19. The zero-order valence-corrected chi connectivity index (χ0v) is 13.9. The van der Waals surface area contributed by atoms with Gasteiger partial charge in [0, 0.05) is 31.5 Å². The van der Waals surface area contributed by atoms with E-state index in [1.807, 2.05) is 6.92 Å². The summed E-state index contributed by atoms with van der Waals surface area (Å²) in [4.78, 5) is 11.7. The summed E-state index contributed by atoms with van der Waals surface area (Å²) in [5.74, 6) is 2.59. The molecular formula is C17H29N3O. The topological polar surface area (TPSA) is 38.2 Å². The van der Waals surface area contributed by atoms with E-state index in [0.29, 0.717) is 12.6 Å². The number of hydrogen-bond donors (Lipinski definition) is 0. The van der Waals surface area contributed by atoms with E-state index in [1.165, 1.54) is 32.1 Å². The summed E-state index contributed by atoms with van der Waals surface area (Å²) < 4.78 is 5.20. The number of aromatic nitrogens is 2. The van der Waals surface area contributed by atoms with E-state index >= 15 is 0 Å². The molecule has 0 aromatic carbocycles. The third-order valence-corrected chi connectivity index (χ3v) is 4.17. The quantitative estimate of drug-likeness (QED) is 0.767. The molecular weight excluding hydrogens is 262 g/mol. The summed E-state index contributed by atoms with van der Waals surface area (Å²) in [5, 5.41) is 0. The summed E-state index contributed by atoms with van der Waals surface area (Å²) >= 11 is 0. The first-order chi connectivity index (χ1) is 10.1. The van der Waals surface area contributed by atoms with Gasteiger partial charge in [0.2, 0.25) is 0 Å². The largest absolute Gasteiger partial charge is 0.377 e. The molecule has 21 heavy (non-hydrogen) atoms. The molecule has 1 aliphatic rings. The van der Waals surface area contributed by atoms with Gasteiger partial charge in [0.05, 0.1) is 0 Å². The third-order valence-electron chi connectivity index (χ3n) is 4.17. The molecule has 0 saturated heterocycles.